The highest BCUT2D eigenvalue weighted by molar-refractivity contribution is 5.97. The number of aliphatic hydroxyl groups is 1. The molecule has 1 amide bonds. The van der Waals surface area contributed by atoms with E-state index in [0.29, 0.717) is 24.5 Å². The van der Waals surface area contributed by atoms with Crippen molar-refractivity contribution in [2.24, 2.45) is 0 Å². The maximum Gasteiger partial charge on any atom is 0.257 e. The number of nitrogens with zero attached hydrogens (tertiary/aromatic N) is 1. The number of carbonyl (C=O) groups is 1. The molecule has 3 rings (SSSR count). The van der Waals surface area contributed by atoms with Crippen LogP contribution in [-0.2, 0) is 0 Å². The van der Waals surface area contributed by atoms with Crippen molar-refractivity contribution < 1.29 is 14.6 Å². The quantitative estimate of drug-likeness (QED) is 0.940. The van der Waals surface area contributed by atoms with Crippen LogP contribution in [0, 0.1) is 0 Å². The zero-order chi connectivity index (χ0) is 14.7. The molecular formula is C17H17NO3. The smallest absolute Gasteiger partial charge is 0.257 e. The molecule has 0 fully saturated rings. The third-order valence-electron chi connectivity index (χ3n) is 3.60. The lowest BCUT2D eigenvalue weighted by Crippen LogP contribution is -2.35. The van der Waals surface area contributed by atoms with Gasteiger partial charge in [0.1, 0.15) is 12.4 Å². The van der Waals surface area contributed by atoms with Crippen LogP contribution < -0.4 is 4.74 Å². The molecule has 4 heteroatoms. The van der Waals surface area contributed by atoms with Crippen LogP contribution in [-0.4, -0.2) is 35.6 Å². The monoisotopic (exact) mass is 283 g/mol. The molecule has 21 heavy (non-hydrogen) atoms. The molecule has 0 radical (unpaired) electrons. The van der Waals surface area contributed by atoms with E-state index in [1.807, 2.05) is 42.5 Å². The molecule has 1 aliphatic rings. The van der Waals surface area contributed by atoms with E-state index in [9.17, 15) is 9.90 Å². The maximum absolute atomic E-state index is 12.5. The fourth-order valence-electron chi connectivity index (χ4n) is 2.47. The molecule has 2 aromatic rings. The molecule has 0 spiro atoms. The molecular weight excluding hydrogens is 266 g/mol. The Bertz CT molecular complexity index is 627. The second-order valence-corrected chi connectivity index (χ2v) is 5.02. The van der Waals surface area contributed by atoms with Crippen LogP contribution in [0.15, 0.2) is 54.6 Å². The van der Waals surface area contributed by atoms with Gasteiger partial charge < -0.3 is 14.7 Å². The van der Waals surface area contributed by atoms with Gasteiger partial charge in [0.25, 0.3) is 5.91 Å². The summed E-state index contributed by atoms with van der Waals surface area (Å²) in [5.74, 6) is 0.511. The van der Waals surface area contributed by atoms with Gasteiger partial charge in [0.15, 0.2) is 0 Å². The highest BCUT2D eigenvalue weighted by atomic mass is 16.5. The third kappa shape index (κ3) is 2.90. The summed E-state index contributed by atoms with van der Waals surface area (Å²) in [6.45, 7) is 1.17. The summed E-state index contributed by atoms with van der Waals surface area (Å²) >= 11 is 0. The van der Waals surface area contributed by atoms with E-state index in [2.05, 4.69) is 0 Å². The van der Waals surface area contributed by atoms with E-state index >= 15 is 0 Å². The molecule has 4 nitrogen and oxygen atoms in total. The number of ether oxygens (including phenoxy) is 1. The number of fused-ring (bicyclic) bond motifs is 1. The minimum atomic E-state index is -0.694. The van der Waals surface area contributed by atoms with Gasteiger partial charge in [-0.05, 0) is 17.7 Å². The summed E-state index contributed by atoms with van der Waals surface area (Å²) in [4.78, 5) is 14.2. The molecule has 1 heterocycles. The molecule has 1 aliphatic heterocycles. The predicted octanol–water partition coefficient (Wildman–Crippen LogP) is 2.25. The number of hydrogen-bond donors (Lipinski definition) is 1. The van der Waals surface area contributed by atoms with Gasteiger partial charge in [-0.15, -0.1) is 0 Å². The number of carbonyl (C=O) groups excluding carboxylic acids is 1. The molecule has 108 valence electrons. The highest BCUT2D eigenvalue weighted by Crippen LogP contribution is 2.24. The second-order valence-electron chi connectivity index (χ2n) is 5.02. The molecule has 0 aromatic heterocycles. The number of benzene rings is 2. The van der Waals surface area contributed by atoms with Crippen LogP contribution in [0.5, 0.6) is 5.75 Å². The predicted molar refractivity (Wildman–Crippen MR) is 79.2 cm³/mol. The van der Waals surface area contributed by atoms with E-state index in [4.69, 9.17) is 4.74 Å². The first-order chi connectivity index (χ1) is 10.3. The first kappa shape index (κ1) is 13.6. The van der Waals surface area contributed by atoms with Crippen molar-refractivity contribution in [3.05, 3.63) is 65.7 Å². The Labute approximate surface area is 123 Å². The van der Waals surface area contributed by atoms with Crippen LogP contribution in [0.25, 0.3) is 0 Å². The fourth-order valence-corrected chi connectivity index (χ4v) is 2.47. The second kappa shape index (κ2) is 5.97. The topological polar surface area (TPSA) is 49.8 Å². The van der Waals surface area contributed by atoms with Crippen molar-refractivity contribution in [2.75, 3.05) is 19.7 Å². The number of β-amino-alcohol motifs (C(OH)–C–C–N with tert-alkyl or cyclic N) is 1. The number of para-hydroxylation sites is 1. The van der Waals surface area contributed by atoms with Crippen molar-refractivity contribution in [3.8, 4) is 5.75 Å². The maximum atomic E-state index is 12.5. The van der Waals surface area contributed by atoms with Gasteiger partial charge in [-0.3, -0.25) is 4.79 Å². The lowest BCUT2D eigenvalue weighted by Gasteiger charge is -2.23. The third-order valence-corrected chi connectivity index (χ3v) is 3.60. The van der Waals surface area contributed by atoms with Crippen molar-refractivity contribution in [2.45, 2.75) is 6.10 Å². The average Bonchev–Trinajstić information content (AvgIpc) is 2.69. The minimum absolute atomic E-state index is 0.0990. The largest absolute Gasteiger partial charge is 0.491 e. The molecule has 0 saturated heterocycles. The lowest BCUT2D eigenvalue weighted by molar-refractivity contribution is 0.0617. The average molecular weight is 283 g/mol. The van der Waals surface area contributed by atoms with Crippen molar-refractivity contribution >= 4 is 5.91 Å². The molecule has 0 bridgehead atoms. The van der Waals surface area contributed by atoms with Crippen molar-refractivity contribution in [1.29, 1.82) is 0 Å². The molecule has 1 N–H and O–H groups in total. The van der Waals surface area contributed by atoms with Gasteiger partial charge in [-0.25, -0.2) is 0 Å². The summed E-state index contributed by atoms with van der Waals surface area (Å²) in [7, 11) is 0. The zero-order valence-electron chi connectivity index (χ0n) is 11.6. The van der Waals surface area contributed by atoms with Gasteiger partial charge in [0.05, 0.1) is 24.8 Å². The molecule has 0 aliphatic carbocycles. The highest BCUT2D eigenvalue weighted by Gasteiger charge is 2.25. The Kier molecular flexibility index (Phi) is 3.88. The van der Waals surface area contributed by atoms with Crippen molar-refractivity contribution in [1.82, 2.24) is 4.90 Å². The van der Waals surface area contributed by atoms with E-state index in [0.717, 1.165) is 5.56 Å². The standard InChI is InChI=1S/C17H17NO3/c19-15(13-6-2-1-3-7-13)12-18-10-11-21-16-9-5-4-8-14(16)17(18)20/h1-9,15,19H,10-12H2. The lowest BCUT2D eigenvalue weighted by atomic mass is 10.1. The Morgan fingerprint density at radius 2 is 1.81 bits per heavy atom. The molecule has 1 unspecified atom stereocenters. The summed E-state index contributed by atoms with van der Waals surface area (Å²) in [5, 5.41) is 10.3. The van der Waals surface area contributed by atoms with E-state index in [1.54, 1.807) is 17.0 Å². The van der Waals surface area contributed by atoms with E-state index in [1.165, 1.54) is 0 Å². The summed E-state index contributed by atoms with van der Waals surface area (Å²) in [6, 6.07) is 16.6. The fraction of sp³-hybridized carbons (Fsp3) is 0.235. The molecule has 1 atom stereocenters. The normalized spacial score (nSPS) is 15.9. The Morgan fingerprint density at radius 3 is 2.62 bits per heavy atom. The van der Waals surface area contributed by atoms with Crippen LogP contribution in [0.2, 0.25) is 0 Å². The van der Waals surface area contributed by atoms with Crippen LogP contribution in [0.1, 0.15) is 22.0 Å². The van der Waals surface area contributed by atoms with Gasteiger partial charge >= 0.3 is 0 Å². The summed E-state index contributed by atoms with van der Waals surface area (Å²) < 4.78 is 5.59. The van der Waals surface area contributed by atoms with E-state index in [-0.39, 0.29) is 12.5 Å². The van der Waals surface area contributed by atoms with Crippen LogP contribution in [0.3, 0.4) is 0 Å². The number of hydrogen-bond acceptors (Lipinski definition) is 3. The van der Waals surface area contributed by atoms with Crippen LogP contribution >= 0.6 is 0 Å². The van der Waals surface area contributed by atoms with E-state index < -0.39 is 6.10 Å². The first-order valence-electron chi connectivity index (χ1n) is 7.00. The number of amides is 1. The summed E-state index contributed by atoms with van der Waals surface area (Å²) in [5.41, 5.74) is 1.36. The van der Waals surface area contributed by atoms with Gasteiger partial charge in [-0.1, -0.05) is 42.5 Å². The molecule has 0 saturated carbocycles. The van der Waals surface area contributed by atoms with Gasteiger partial charge in [-0.2, -0.15) is 0 Å². The van der Waals surface area contributed by atoms with Crippen LogP contribution in [0.4, 0.5) is 0 Å². The van der Waals surface area contributed by atoms with Gasteiger partial charge in [0, 0.05) is 0 Å². The summed E-state index contributed by atoms with van der Waals surface area (Å²) in [6.07, 6.45) is -0.694. The SMILES string of the molecule is O=C1c2ccccc2OCCN1CC(O)c1ccccc1. The first-order valence-corrected chi connectivity index (χ1v) is 7.00. The Hall–Kier alpha value is -2.33. The van der Waals surface area contributed by atoms with Gasteiger partial charge in [0.2, 0.25) is 0 Å². The minimum Gasteiger partial charge on any atom is -0.491 e. The zero-order valence-corrected chi connectivity index (χ0v) is 11.6. The Morgan fingerprint density at radius 1 is 1.10 bits per heavy atom. The molecule has 2 aromatic carbocycles. The number of aliphatic hydroxyl groups excluding tert-OH is 1. The van der Waals surface area contributed by atoms with Crippen molar-refractivity contribution in [3.63, 3.8) is 0 Å². The number of rotatable bonds is 3. The Balaban J connectivity index is 1.79.